The zero-order chi connectivity index (χ0) is 16.4. The predicted octanol–water partition coefficient (Wildman–Crippen LogP) is 6.21. The Kier molecular flexibility index (Phi) is 5.70. The fourth-order valence-corrected chi connectivity index (χ4v) is 2.91. The van der Waals surface area contributed by atoms with Gasteiger partial charge in [-0.25, -0.2) is 0 Å². The molecule has 0 saturated carbocycles. The number of amides is 1. The Bertz CT molecular complexity index is 748. The SMILES string of the molecule is COc1c(Cl)cc(Cl)cc1C(=O)Nc1cc(Cl)c(Cl)cc1Cl. The fraction of sp³-hybridized carbons (Fsp3) is 0.0714. The first-order valence-corrected chi connectivity index (χ1v) is 7.71. The highest BCUT2D eigenvalue weighted by Gasteiger charge is 2.18. The zero-order valence-electron chi connectivity index (χ0n) is 11.0. The largest absolute Gasteiger partial charge is 0.494 e. The zero-order valence-corrected chi connectivity index (χ0v) is 14.8. The van der Waals surface area contributed by atoms with E-state index in [-0.39, 0.29) is 31.4 Å². The maximum Gasteiger partial charge on any atom is 0.259 e. The van der Waals surface area contributed by atoms with Gasteiger partial charge in [0.1, 0.15) is 5.75 Å². The third-order valence-corrected chi connectivity index (χ3v) is 4.25. The molecule has 8 heteroatoms. The molecule has 0 bridgehead atoms. The third kappa shape index (κ3) is 3.73. The molecule has 116 valence electrons. The highest BCUT2D eigenvalue weighted by atomic mass is 35.5. The summed E-state index contributed by atoms with van der Waals surface area (Å²) in [7, 11) is 1.40. The smallest absolute Gasteiger partial charge is 0.259 e. The van der Waals surface area contributed by atoms with Crippen molar-refractivity contribution in [2.75, 3.05) is 12.4 Å². The third-order valence-electron chi connectivity index (χ3n) is 2.72. The molecule has 0 unspecified atom stereocenters. The molecule has 2 aromatic rings. The standard InChI is InChI=1S/C14H8Cl5NO2/c1-22-13-7(2-6(15)3-11(13)19)14(21)20-12-5-9(17)8(16)4-10(12)18/h2-5H,1H3,(H,20,21). The molecule has 1 amide bonds. The van der Waals surface area contributed by atoms with Crippen molar-refractivity contribution in [2.24, 2.45) is 0 Å². The molecule has 0 atom stereocenters. The van der Waals surface area contributed by atoms with Crippen LogP contribution in [0.5, 0.6) is 5.75 Å². The predicted molar refractivity (Wildman–Crippen MR) is 92.4 cm³/mol. The van der Waals surface area contributed by atoms with Gasteiger partial charge in [-0.1, -0.05) is 58.0 Å². The maximum atomic E-state index is 12.4. The van der Waals surface area contributed by atoms with Crippen LogP contribution in [0.15, 0.2) is 24.3 Å². The van der Waals surface area contributed by atoms with Gasteiger partial charge < -0.3 is 10.1 Å². The van der Waals surface area contributed by atoms with E-state index in [9.17, 15) is 4.79 Å². The van der Waals surface area contributed by atoms with E-state index >= 15 is 0 Å². The summed E-state index contributed by atoms with van der Waals surface area (Å²) in [6, 6.07) is 5.80. The Morgan fingerprint density at radius 2 is 1.55 bits per heavy atom. The minimum Gasteiger partial charge on any atom is -0.494 e. The summed E-state index contributed by atoms with van der Waals surface area (Å²) in [6.45, 7) is 0. The molecule has 0 aliphatic rings. The Morgan fingerprint density at radius 1 is 0.909 bits per heavy atom. The molecule has 0 saturated heterocycles. The topological polar surface area (TPSA) is 38.3 Å². The molecule has 0 heterocycles. The van der Waals surface area contributed by atoms with Gasteiger partial charge in [-0.3, -0.25) is 4.79 Å². The van der Waals surface area contributed by atoms with Gasteiger partial charge in [-0.15, -0.1) is 0 Å². The van der Waals surface area contributed by atoms with Gasteiger partial charge in [0.25, 0.3) is 5.91 Å². The van der Waals surface area contributed by atoms with Crippen molar-refractivity contribution in [3.05, 3.63) is 54.9 Å². The van der Waals surface area contributed by atoms with Crippen molar-refractivity contribution >= 4 is 69.6 Å². The van der Waals surface area contributed by atoms with E-state index in [1.165, 1.54) is 31.4 Å². The number of anilines is 1. The van der Waals surface area contributed by atoms with Crippen LogP contribution in [0, 0.1) is 0 Å². The summed E-state index contributed by atoms with van der Waals surface area (Å²) >= 11 is 29.7. The van der Waals surface area contributed by atoms with Crippen LogP contribution in [0.4, 0.5) is 5.69 Å². The summed E-state index contributed by atoms with van der Waals surface area (Å²) in [6.07, 6.45) is 0. The molecule has 0 fully saturated rings. The number of hydrogen-bond acceptors (Lipinski definition) is 2. The van der Waals surface area contributed by atoms with E-state index in [4.69, 9.17) is 62.7 Å². The molecule has 0 spiro atoms. The molecule has 0 aromatic heterocycles. The molecule has 0 radical (unpaired) electrons. The van der Waals surface area contributed by atoms with Gasteiger partial charge in [0, 0.05) is 5.02 Å². The number of nitrogens with one attached hydrogen (secondary N) is 1. The van der Waals surface area contributed by atoms with Crippen molar-refractivity contribution in [3.8, 4) is 5.75 Å². The minimum absolute atomic E-state index is 0.169. The average molecular weight is 399 g/mol. The van der Waals surface area contributed by atoms with Crippen LogP contribution in [-0.4, -0.2) is 13.0 Å². The highest BCUT2D eigenvalue weighted by Crippen LogP contribution is 2.35. The second-order valence-corrected chi connectivity index (χ2v) is 6.23. The molecular formula is C14H8Cl5NO2. The van der Waals surface area contributed by atoms with Gasteiger partial charge in [-0.05, 0) is 24.3 Å². The summed E-state index contributed by atoms with van der Waals surface area (Å²) in [5.41, 5.74) is 0.473. The van der Waals surface area contributed by atoms with Crippen LogP contribution < -0.4 is 10.1 Å². The molecule has 2 rings (SSSR count). The lowest BCUT2D eigenvalue weighted by molar-refractivity contribution is 0.102. The van der Waals surface area contributed by atoms with Gasteiger partial charge in [0.05, 0.1) is 38.5 Å². The lowest BCUT2D eigenvalue weighted by atomic mass is 10.1. The monoisotopic (exact) mass is 397 g/mol. The summed E-state index contributed by atoms with van der Waals surface area (Å²) in [4.78, 5) is 12.4. The fourth-order valence-electron chi connectivity index (χ4n) is 1.74. The number of carbonyl (C=O) groups is 1. The first kappa shape index (κ1) is 17.5. The molecule has 0 aliphatic carbocycles. The number of rotatable bonds is 3. The van der Waals surface area contributed by atoms with Crippen molar-refractivity contribution in [1.82, 2.24) is 0 Å². The van der Waals surface area contributed by atoms with Crippen molar-refractivity contribution in [3.63, 3.8) is 0 Å². The Hall–Kier alpha value is -0.840. The maximum absolute atomic E-state index is 12.4. The van der Waals surface area contributed by atoms with Gasteiger partial charge in [-0.2, -0.15) is 0 Å². The molecule has 0 aliphatic heterocycles. The Balaban J connectivity index is 2.40. The van der Waals surface area contributed by atoms with Gasteiger partial charge in [0.15, 0.2) is 0 Å². The van der Waals surface area contributed by atoms with Crippen LogP contribution in [-0.2, 0) is 0 Å². The van der Waals surface area contributed by atoms with Crippen molar-refractivity contribution in [2.45, 2.75) is 0 Å². The van der Waals surface area contributed by atoms with E-state index in [1.807, 2.05) is 0 Å². The number of carbonyl (C=O) groups excluding carboxylic acids is 1. The number of methoxy groups -OCH3 is 1. The van der Waals surface area contributed by atoms with Crippen molar-refractivity contribution in [1.29, 1.82) is 0 Å². The summed E-state index contributed by atoms with van der Waals surface area (Å²) in [5.74, 6) is -0.290. The number of hydrogen-bond donors (Lipinski definition) is 1. The minimum atomic E-state index is -0.499. The van der Waals surface area contributed by atoms with E-state index in [0.29, 0.717) is 10.7 Å². The molecular weight excluding hydrogens is 391 g/mol. The van der Waals surface area contributed by atoms with E-state index in [2.05, 4.69) is 5.32 Å². The summed E-state index contributed by atoms with van der Waals surface area (Å²) in [5, 5.41) is 3.93. The van der Waals surface area contributed by atoms with Crippen LogP contribution >= 0.6 is 58.0 Å². The van der Waals surface area contributed by atoms with Crippen molar-refractivity contribution < 1.29 is 9.53 Å². The van der Waals surface area contributed by atoms with E-state index in [0.717, 1.165) is 0 Å². The van der Waals surface area contributed by atoms with Gasteiger partial charge >= 0.3 is 0 Å². The van der Waals surface area contributed by atoms with E-state index < -0.39 is 5.91 Å². The van der Waals surface area contributed by atoms with Crippen LogP contribution in [0.3, 0.4) is 0 Å². The first-order chi connectivity index (χ1) is 10.3. The summed E-state index contributed by atoms with van der Waals surface area (Å²) < 4.78 is 5.13. The Morgan fingerprint density at radius 3 is 2.18 bits per heavy atom. The molecule has 1 N–H and O–H groups in total. The van der Waals surface area contributed by atoms with Crippen LogP contribution in [0.25, 0.3) is 0 Å². The average Bonchev–Trinajstić information content (AvgIpc) is 2.43. The lowest BCUT2D eigenvalue weighted by Crippen LogP contribution is -2.14. The second kappa shape index (κ2) is 7.16. The Labute approximate surface area is 152 Å². The molecule has 3 nitrogen and oxygen atoms in total. The van der Waals surface area contributed by atoms with E-state index in [1.54, 1.807) is 0 Å². The lowest BCUT2D eigenvalue weighted by Gasteiger charge is -2.13. The normalized spacial score (nSPS) is 10.5. The highest BCUT2D eigenvalue weighted by molar-refractivity contribution is 6.44. The number of ether oxygens (including phenoxy) is 1. The van der Waals surface area contributed by atoms with Crippen LogP contribution in [0.2, 0.25) is 25.1 Å². The van der Waals surface area contributed by atoms with Gasteiger partial charge in [0.2, 0.25) is 0 Å². The first-order valence-electron chi connectivity index (χ1n) is 5.82. The number of benzene rings is 2. The molecule has 22 heavy (non-hydrogen) atoms. The number of halogens is 5. The molecule has 2 aromatic carbocycles. The van der Waals surface area contributed by atoms with Crippen LogP contribution in [0.1, 0.15) is 10.4 Å². The second-order valence-electron chi connectivity index (χ2n) is 4.17. The quantitative estimate of drug-likeness (QED) is 0.623.